The van der Waals surface area contributed by atoms with Crippen LogP contribution in [0.3, 0.4) is 0 Å². The Kier molecular flexibility index (Phi) is 4.93. The van der Waals surface area contributed by atoms with Gasteiger partial charge in [0.05, 0.1) is 18.2 Å². The average molecular weight is 286 g/mol. The van der Waals surface area contributed by atoms with E-state index in [9.17, 15) is 9.18 Å². The second-order valence-electron chi connectivity index (χ2n) is 3.02. The van der Waals surface area contributed by atoms with E-state index in [2.05, 4.69) is 15.9 Å². The number of carbonyl (C=O) groups is 1. The molecule has 0 radical (unpaired) electrons. The fraction of sp³-hybridized carbons (Fsp3) is 0.273. The van der Waals surface area contributed by atoms with Crippen LogP contribution in [0.15, 0.2) is 22.7 Å². The third kappa shape index (κ3) is 3.63. The molecule has 1 rings (SSSR count). The number of esters is 1. The van der Waals surface area contributed by atoms with Gasteiger partial charge in [0.15, 0.2) is 0 Å². The number of halogens is 2. The monoisotopic (exact) mass is 285 g/mol. The van der Waals surface area contributed by atoms with Gasteiger partial charge < -0.3 is 4.74 Å². The standard InChI is InChI=1S/C11H9BrFNO2/c12-10-4-3-8(13)7-9(10)11(15)16-6-2-1-5-14/h3-4,7H,1-2,6H2. The minimum absolute atomic E-state index is 0.150. The van der Waals surface area contributed by atoms with Crippen molar-refractivity contribution in [3.05, 3.63) is 34.1 Å². The van der Waals surface area contributed by atoms with Gasteiger partial charge in [-0.1, -0.05) is 0 Å². The predicted molar refractivity (Wildman–Crippen MR) is 59.2 cm³/mol. The molecular weight excluding hydrogens is 277 g/mol. The summed E-state index contributed by atoms with van der Waals surface area (Å²) in [7, 11) is 0. The summed E-state index contributed by atoms with van der Waals surface area (Å²) in [5.41, 5.74) is 0.150. The van der Waals surface area contributed by atoms with Gasteiger partial charge in [-0.15, -0.1) is 0 Å². The van der Waals surface area contributed by atoms with Gasteiger partial charge in [-0.05, 0) is 40.5 Å². The topological polar surface area (TPSA) is 50.1 Å². The first-order valence-corrected chi connectivity index (χ1v) is 5.43. The molecule has 1 aromatic rings. The van der Waals surface area contributed by atoms with Crippen LogP contribution in [0.5, 0.6) is 0 Å². The highest BCUT2D eigenvalue weighted by Crippen LogP contribution is 2.18. The molecule has 1 aromatic carbocycles. The van der Waals surface area contributed by atoms with Crippen LogP contribution in [-0.2, 0) is 4.74 Å². The van der Waals surface area contributed by atoms with Crippen molar-refractivity contribution < 1.29 is 13.9 Å². The van der Waals surface area contributed by atoms with Crippen molar-refractivity contribution in [1.29, 1.82) is 5.26 Å². The van der Waals surface area contributed by atoms with Crippen LogP contribution in [-0.4, -0.2) is 12.6 Å². The van der Waals surface area contributed by atoms with E-state index < -0.39 is 11.8 Å². The van der Waals surface area contributed by atoms with Gasteiger partial charge in [-0.25, -0.2) is 9.18 Å². The number of nitriles is 1. The van der Waals surface area contributed by atoms with E-state index in [4.69, 9.17) is 10.00 Å². The van der Waals surface area contributed by atoms with Crippen LogP contribution in [0.4, 0.5) is 4.39 Å². The Bertz CT molecular complexity index is 428. The smallest absolute Gasteiger partial charge is 0.339 e. The average Bonchev–Trinajstić information content (AvgIpc) is 2.27. The van der Waals surface area contributed by atoms with Crippen molar-refractivity contribution in [3.63, 3.8) is 0 Å². The molecule has 0 amide bonds. The number of hydrogen-bond acceptors (Lipinski definition) is 3. The molecule has 0 aliphatic carbocycles. The van der Waals surface area contributed by atoms with Crippen LogP contribution in [0.25, 0.3) is 0 Å². The van der Waals surface area contributed by atoms with Crippen molar-refractivity contribution in [2.24, 2.45) is 0 Å². The first-order chi connectivity index (χ1) is 7.65. The molecular formula is C11H9BrFNO2. The summed E-state index contributed by atoms with van der Waals surface area (Å²) >= 11 is 3.13. The van der Waals surface area contributed by atoms with E-state index >= 15 is 0 Å². The summed E-state index contributed by atoms with van der Waals surface area (Å²) < 4.78 is 18.2. The van der Waals surface area contributed by atoms with E-state index in [0.29, 0.717) is 17.3 Å². The Balaban J connectivity index is 2.59. The molecule has 0 spiro atoms. The summed E-state index contributed by atoms with van der Waals surface area (Å²) in [5.74, 6) is -1.09. The van der Waals surface area contributed by atoms with Gasteiger partial charge in [0.1, 0.15) is 5.82 Å². The zero-order valence-electron chi connectivity index (χ0n) is 8.37. The molecule has 0 aliphatic heterocycles. The number of carbonyl (C=O) groups excluding carboxylic acids is 1. The molecule has 0 saturated carbocycles. The molecule has 3 nitrogen and oxygen atoms in total. The summed E-state index contributed by atoms with van der Waals surface area (Å²) in [6.07, 6.45) is 0.812. The highest BCUT2D eigenvalue weighted by atomic mass is 79.9. The maximum Gasteiger partial charge on any atom is 0.339 e. The Hall–Kier alpha value is -1.41. The number of rotatable bonds is 4. The Morgan fingerprint density at radius 2 is 2.31 bits per heavy atom. The zero-order valence-corrected chi connectivity index (χ0v) is 9.96. The number of benzene rings is 1. The number of ether oxygens (including phenoxy) is 1. The second kappa shape index (κ2) is 6.23. The summed E-state index contributed by atoms with van der Waals surface area (Å²) in [4.78, 5) is 11.5. The fourth-order valence-electron chi connectivity index (χ4n) is 1.05. The van der Waals surface area contributed by atoms with Crippen molar-refractivity contribution in [2.75, 3.05) is 6.61 Å². The molecule has 0 N–H and O–H groups in total. The van der Waals surface area contributed by atoms with Gasteiger partial charge >= 0.3 is 5.97 Å². The molecule has 0 unspecified atom stereocenters. The van der Waals surface area contributed by atoms with Gasteiger partial charge in [0.25, 0.3) is 0 Å². The number of hydrogen-bond donors (Lipinski definition) is 0. The normalized spacial score (nSPS) is 9.56. The Morgan fingerprint density at radius 3 is 3.00 bits per heavy atom. The summed E-state index contributed by atoms with van der Waals surface area (Å²) in [5, 5.41) is 8.28. The van der Waals surface area contributed by atoms with E-state index in [1.807, 2.05) is 6.07 Å². The molecule has 5 heteroatoms. The van der Waals surface area contributed by atoms with Gasteiger partial charge in [0.2, 0.25) is 0 Å². The quantitative estimate of drug-likeness (QED) is 0.631. The van der Waals surface area contributed by atoms with Crippen molar-refractivity contribution in [2.45, 2.75) is 12.8 Å². The third-order valence-electron chi connectivity index (χ3n) is 1.81. The minimum atomic E-state index is -0.593. The van der Waals surface area contributed by atoms with Crippen molar-refractivity contribution in [3.8, 4) is 6.07 Å². The Labute approximate surface area is 101 Å². The lowest BCUT2D eigenvalue weighted by Gasteiger charge is -2.05. The van der Waals surface area contributed by atoms with Gasteiger partial charge in [-0.2, -0.15) is 5.26 Å². The molecule has 0 aromatic heterocycles. The van der Waals surface area contributed by atoms with Crippen molar-refractivity contribution in [1.82, 2.24) is 0 Å². The summed E-state index contributed by atoms with van der Waals surface area (Å²) in [6, 6.07) is 5.74. The largest absolute Gasteiger partial charge is 0.462 e. The molecule has 0 fully saturated rings. The second-order valence-corrected chi connectivity index (χ2v) is 3.88. The highest BCUT2D eigenvalue weighted by Gasteiger charge is 2.12. The van der Waals surface area contributed by atoms with Crippen LogP contribution < -0.4 is 0 Å². The van der Waals surface area contributed by atoms with E-state index in [1.165, 1.54) is 12.1 Å². The Morgan fingerprint density at radius 1 is 1.56 bits per heavy atom. The maximum absolute atomic E-state index is 12.9. The molecule has 0 aliphatic rings. The maximum atomic E-state index is 12.9. The van der Waals surface area contributed by atoms with E-state index in [0.717, 1.165) is 6.07 Å². The van der Waals surface area contributed by atoms with Crippen LogP contribution in [0.2, 0.25) is 0 Å². The highest BCUT2D eigenvalue weighted by molar-refractivity contribution is 9.10. The third-order valence-corrected chi connectivity index (χ3v) is 2.51. The first kappa shape index (κ1) is 12.7. The molecule has 0 saturated heterocycles. The lowest BCUT2D eigenvalue weighted by Crippen LogP contribution is -2.07. The van der Waals surface area contributed by atoms with Crippen LogP contribution in [0.1, 0.15) is 23.2 Å². The van der Waals surface area contributed by atoms with E-state index in [1.54, 1.807) is 0 Å². The van der Waals surface area contributed by atoms with Crippen LogP contribution in [0, 0.1) is 17.1 Å². The zero-order chi connectivity index (χ0) is 12.0. The number of unbranched alkanes of at least 4 members (excludes halogenated alkanes) is 1. The molecule has 84 valence electrons. The van der Waals surface area contributed by atoms with Gasteiger partial charge in [0, 0.05) is 10.9 Å². The first-order valence-electron chi connectivity index (χ1n) is 4.64. The lowest BCUT2D eigenvalue weighted by atomic mass is 10.2. The van der Waals surface area contributed by atoms with Crippen LogP contribution >= 0.6 is 15.9 Å². The van der Waals surface area contributed by atoms with E-state index in [-0.39, 0.29) is 12.2 Å². The van der Waals surface area contributed by atoms with Crippen molar-refractivity contribution >= 4 is 21.9 Å². The SMILES string of the molecule is N#CCCCOC(=O)c1cc(F)ccc1Br. The van der Waals surface area contributed by atoms with Gasteiger partial charge in [-0.3, -0.25) is 0 Å². The number of nitrogens with zero attached hydrogens (tertiary/aromatic N) is 1. The lowest BCUT2D eigenvalue weighted by molar-refractivity contribution is 0.0500. The molecule has 0 heterocycles. The summed E-state index contributed by atoms with van der Waals surface area (Å²) in [6.45, 7) is 0.162. The predicted octanol–water partition coefficient (Wildman–Crippen LogP) is 3.05. The molecule has 0 bridgehead atoms. The molecule has 16 heavy (non-hydrogen) atoms. The molecule has 0 atom stereocenters. The fourth-order valence-corrected chi connectivity index (χ4v) is 1.46. The minimum Gasteiger partial charge on any atom is -0.462 e.